The van der Waals surface area contributed by atoms with Crippen LogP contribution in [-0.2, 0) is 10.0 Å². The average Bonchev–Trinajstić information content (AvgIpc) is 2.36. The number of nitrogens with one attached hydrogen (secondary N) is 2. The summed E-state index contributed by atoms with van der Waals surface area (Å²) in [5, 5.41) is 2.38. The van der Waals surface area contributed by atoms with Crippen molar-refractivity contribution in [2.75, 3.05) is 5.32 Å². The minimum Gasteiger partial charge on any atom is -0.291 e. The number of benzene rings is 1. The van der Waals surface area contributed by atoms with Gasteiger partial charge in [0.2, 0.25) is 0 Å². The monoisotopic (exact) mass is 320 g/mol. The molecule has 2 aromatic rings. The fraction of sp³-hybridized carbons (Fsp3) is 0.214. The minimum atomic E-state index is -3.92. The number of amides is 2. The van der Waals surface area contributed by atoms with Crippen LogP contribution in [0.1, 0.15) is 17.1 Å². The first-order valence-electron chi connectivity index (χ1n) is 6.49. The number of rotatable bonds is 3. The first kappa shape index (κ1) is 15.9. The first-order valence-corrected chi connectivity index (χ1v) is 7.97. The van der Waals surface area contributed by atoms with E-state index in [0.29, 0.717) is 11.5 Å². The predicted molar refractivity (Wildman–Crippen MR) is 82.0 cm³/mol. The van der Waals surface area contributed by atoms with Crippen LogP contribution in [0.15, 0.2) is 35.2 Å². The van der Waals surface area contributed by atoms with Crippen molar-refractivity contribution in [3.8, 4) is 0 Å². The van der Waals surface area contributed by atoms with Gasteiger partial charge in [0.25, 0.3) is 10.0 Å². The number of hydrogen-bond acceptors (Lipinski definition) is 5. The zero-order valence-electron chi connectivity index (χ0n) is 12.4. The topological polar surface area (TPSA) is 101 Å². The molecule has 0 unspecified atom stereocenters. The largest absolute Gasteiger partial charge is 0.334 e. The summed E-state index contributed by atoms with van der Waals surface area (Å²) in [6, 6.07) is 6.85. The Labute approximate surface area is 128 Å². The van der Waals surface area contributed by atoms with E-state index in [9.17, 15) is 13.2 Å². The number of anilines is 1. The van der Waals surface area contributed by atoms with Gasteiger partial charge >= 0.3 is 6.03 Å². The molecule has 2 N–H and O–H groups in total. The predicted octanol–water partition coefficient (Wildman–Crippen LogP) is 1.91. The minimum absolute atomic E-state index is 0.0169. The number of nitrogens with zero attached hydrogens (tertiary/aromatic N) is 2. The molecule has 22 heavy (non-hydrogen) atoms. The van der Waals surface area contributed by atoms with E-state index in [1.165, 1.54) is 12.1 Å². The van der Waals surface area contributed by atoms with Crippen LogP contribution in [0.25, 0.3) is 0 Å². The van der Waals surface area contributed by atoms with Crippen LogP contribution < -0.4 is 10.0 Å². The van der Waals surface area contributed by atoms with E-state index in [-0.39, 0.29) is 10.7 Å². The van der Waals surface area contributed by atoms with Crippen LogP contribution in [0.2, 0.25) is 0 Å². The molecule has 2 rings (SSSR count). The van der Waals surface area contributed by atoms with E-state index in [2.05, 4.69) is 15.3 Å². The van der Waals surface area contributed by atoms with Gasteiger partial charge in [-0.15, -0.1) is 0 Å². The molecule has 1 aromatic heterocycles. The summed E-state index contributed by atoms with van der Waals surface area (Å²) in [6.07, 6.45) is 0. The molecule has 7 nitrogen and oxygen atoms in total. The van der Waals surface area contributed by atoms with Gasteiger partial charge < -0.3 is 0 Å². The molecule has 0 aliphatic rings. The van der Waals surface area contributed by atoms with Crippen LogP contribution in [0.3, 0.4) is 0 Å². The Morgan fingerprint density at radius 2 is 1.68 bits per heavy atom. The van der Waals surface area contributed by atoms with E-state index in [1.54, 1.807) is 32.0 Å². The molecule has 0 bridgehead atoms. The molecule has 0 aliphatic carbocycles. The third kappa shape index (κ3) is 4.01. The Kier molecular flexibility index (Phi) is 4.41. The van der Waals surface area contributed by atoms with Crippen molar-refractivity contribution in [3.63, 3.8) is 0 Å². The number of aromatic nitrogens is 2. The smallest absolute Gasteiger partial charge is 0.291 e. The van der Waals surface area contributed by atoms with Crippen molar-refractivity contribution >= 4 is 21.9 Å². The molecule has 0 saturated heterocycles. The molecular weight excluding hydrogens is 304 g/mol. The maximum atomic E-state index is 12.1. The Hall–Kier alpha value is -2.48. The van der Waals surface area contributed by atoms with E-state index in [0.717, 1.165) is 5.56 Å². The summed E-state index contributed by atoms with van der Waals surface area (Å²) in [4.78, 5) is 19.9. The maximum Gasteiger partial charge on any atom is 0.334 e. The summed E-state index contributed by atoms with van der Waals surface area (Å²) < 4.78 is 26.1. The van der Waals surface area contributed by atoms with Gasteiger partial charge in [-0.2, -0.15) is 0 Å². The normalized spacial score (nSPS) is 11.0. The van der Waals surface area contributed by atoms with Gasteiger partial charge in [-0.1, -0.05) is 17.7 Å². The van der Waals surface area contributed by atoms with Gasteiger partial charge in [0.1, 0.15) is 11.6 Å². The van der Waals surface area contributed by atoms with E-state index >= 15 is 0 Å². The van der Waals surface area contributed by atoms with Crippen LogP contribution >= 0.6 is 0 Å². The van der Waals surface area contributed by atoms with Crippen molar-refractivity contribution in [3.05, 3.63) is 47.4 Å². The molecule has 0 saturated carbocycles. The van der Waals surface area contributed by atoms with Crippen molar-refractivity contribution < 1.29 is 13.2 Å². The summed E-state index contributed by atoms with van der Waals surface area (Å²) >= 11 is 0. The van der Waals surface area contributed by atoms with E-state index in [1.807, 2.05) is 11.6 Å². The Bertz CT molecular complexity index is 781. The summed E-state index contributed by atoms with van der Waals surface area (Å²) in [7, 11) is -3.92. The molecular formula is C14H16N4O3S. The molecule has 0 atom stereocenters. The van der Waals surface area contributed by atoms with Gasteiger partial charge in [-0.05, 0) is 32.9 Å². The van der Waals surface area contributed by atoms with Gasteiger partial charge in [-0.25, -0.2) is 27.9 Å². The molecule has 116 valence electrons. The second-order valence-electron chi connectivity index (χ2n) is 4.81. The van der Waals surface area contributed by atoms with Crippen molar-refractivity contribution in [2.45, 2.75) is 25.7 Å². The zero-order chi connectivity index (χ0) is 16.3. The van der Waals surface area contributed by atoms with Crippen molar-refractivity contribution in [1.82, 2.24) is 14.7 Å². The summed E-state index contributed by atoms with van der Waals surface area (Å²) in [5.74, 6) is 0.721. The third-order valence-electron chi connectivity index (χ3n) is 2.77. The molecule has 0 aliphatic heterocycles. The van der Waals surface area contributed by atoms with Gasteiger partial charge in [0.15, 0.2) is 0 Å². The molecule has 8 heteroatoms. The maximum absolute atomic E-state index is 12.1. The Morgan fingerprint density at radius 3 is 2.27 bits per heavy atom. The second kappa shape index (κ2) is 6.10. The van der Waals surface area contributed by atoms with Crippen molar-refractivity contribution in [1.29, 1.82) is 0 Å². The Morgan fingerprint density at radius 1 is 1.05 bits per heavy atom. The van der Waals surface area contributed by atoms with E-state index in [4.69, 9.17) is 0 Å². The molecule has 0 radical (unpaired) electrons. The highest BCUT2D eigenvalue weighted by Crippen LogP contribution is 2.10. The number of carbonyl (C=O) groups excluding carboxylic acids is 1. The highest BCUT2D eigenvalue weighted by molar-refractivity contribution is 7.90. The fourth-order valence-electron chi connectivity index (χ4n) is 1.82. The molecule has 1 heterocycles. The zero-order valence-corrected chi connectivity index (χ0v) is 13.2. The van der Waals surface area contributed by atoms with Gasteiger partial charge in [0, 0.05) is 11.8 Å². The molecule has 0 spiro atoms. The van der Waals surface area contributed by atoms with E-state index < -0.39 is 16.1 Å². The lowest BCUT2D eigenvalue weighted by Crippen LogP contribution is -2.34. The fourth-order valence-corrected chi connectivity index (χ4v) is 2.73. The quantitative estimate of drug-likeness (QED) is 0.899. The first-order chi connectivity index (χ1) is 10.3. The average molecular weight is 320 g/mol. The lowest BCUT2D eigenvalue weighted by molar-refractivity contribution is 0.256. The van der Waals surface area contributed by atoms with Crippen LogP contribution in [0.5, 0.6) is 0 Å². The lowest BCUT2D eigenvalue weighted by atomic mass is 10.2. The van der Waals surface area contributed by atoms with Gasteiger partial charge in [0.05, 0.1) is 4.90 Å². The highest BCUT2D eigenvalue weighted by atomic mass is 32.2. The number of hydrogen-bond donors (Lipinski definition) is 2. The SMILES string of the molecule is Cc1ccc(S(=O)(=O)NC(=O)Nc2cc(C)nc(C)n2)cc1. The second-order valence-corrected chi connectivity index (χ2v) is 6.50. The lowest BCUT2D eigenvalue weighted by Gasteiger charge is -2.09. The molecule has 1 aromatic carbocycles. The van der Waals surface area contributed by atoms with Gasteiger partial charge in [-0.3, -0.25) is 5.32 Å². The molecule has 2 amide bonds. The van der Waals surface area contributed by atoms with Crippen LogP contribution in [-0.4, -0.2) is 24.4 Å². The third-order valence-corrected chi connectivity index (χ3v) is 4.11. The number of urea groups is 1. The summed E-state index contributed by atoms with van der Waals surface area (Å²) in [6.45, 7) is 5.27. The Balaban J connectivity index is 2.12. The molecule has 0 fully saturated rings. The highest BCUT2D eigenvalue weighted by Gasteiger charge is 2.17. The number of aryl methyl sites for hydroxylation is 3. The standard InChI is InChI=1S/C14H16N4O3S/c1-9-4-6-12(7-5-9)22(20,21)18-14(19)17-13-8-10(2)15-11(3)16-13/h4-8H,1-3H3,(H2,15,16,17,18,19). The number of sulfonamides is 1. The van der Waals surface area contributed by atoms with Crippen LogP contribution in [0.4, 0.5) is 10.6 Å². The number of carbonyl (C=O) groups is 1. The summed E-state index contributed by atoms with van der Waals surface area (Å²) in [5.41, 5.74) is 1.60. The van der Waals surface area contributed by atoms with Crippen molar-refractivity contribution in [2.24, 2.45) is 0 Å². The van der Waals surface area contributed by atoms with Crippen LogP contribution in [0, 0.1) is 20.8 Å².